The van der Waals surface area contributed by atoms with E-state index < -0.39 is 0 Å². The number of nitrogens with one attached hydrogen (secondary N) is 1. The van der Waals surface area contributed by atoms with Crippen LogP contribution in [0, 0.1) is 5.92 Å². The Labute approximate surface area is 164 Å². The fourth-order valence-corrected chi connectivity index (χ4v) is 3.71. The zero-order chi connectivity index (χ0) is 16.9. The lowest BCUT2D eigenvalue weighted by molar-refractivity contribution is -0.122. The van der Waals surface area contributed by atoms with Crippen LogP contribution in [0.2, 0.25) is 0 Å². The van der Waals surface area contributed by atoms with Crippen molar-refractivity contribution >= 4 is 30.7 Å². The summed E-state index contributed by atoms with van der Waals surface area (Å²) in [7, 11) is 4.25. The van der Waals surface area contributed by atoms with Crippen LogP contribution in [0.4, 0.5) is 0 Å². The minimum atomic E-state index is -0.239. The number of halogens is 2. The van der Waals surface area contributed by atoms with E-state index in [4.69, 9.17) is 5.73 Å². The van der Waals surface area contributed by atoms with Gasteiger partial charge in [0.2, 0.25) is 5.91 Å². The third-order valence-electron chi connectivity index (χ3n) is 5.26. The number of carbonyl (C=O) groups excluding carboxylic acids is 1. The lowest BCUT2D eigenvalue weighted by Crippen LogP contribution is -2.55. The minimum Gasteiger partial charge on any atom is -0.354 e. The summed E-state index contributed by atoms with van der Waals surface area (Å²) < 4.78 is 0. The molecule has 1 amide bonds. The number of carbonyl (C=O) groups is 1. The van der Waals surface area contributed by atoms with E-state index in [0.717, 1.165) is 24.3 Å². The van der Waals surface area contributed by atoms with Gasteiger partial charge in [-0.2, -0.15) is 0 Å². The summed E-state index contributed by atoms with van der Waals surface area (Å²) in [4.78, 5) is 14.6. The highest BCUT2D eigenvalue weighted by Crippen LogP contribution is 2.35. The zero-order valence-electron chi connectivity index (χ0n) is 15.5. The average molecular weight is 390 g/mol. The van der Waals surface area contributed by atoms with E-state index in [-0.39, 0.29) is 42.3 Å². The number of hydrogen-bond donors (Lipinski definition) is 2. The largest absolute Gasteiger partial charge is 0.354 e. The molecule has 0 aliphatic heterocycles. The maximum Gasteiger partial charge on any atom is 0.221 e. The summed E-state index contributed by atoms with van der Waals surface area (Å²) >= 11 is 0. The molecule has 1 aliphatic rings. The van der Waals surface area contributed by atoms with E-state index in [2.05, 4.69) is 31.2 Å². The van der Waals surface area contributed by atoms with Gasteiger partial charge < -0.3 is 16.0 Å². The van der Waals surface area contributed by atoms with Crippen molar-refractivity contribution in [2.75, 3.05) is 20.6 Å². The second-order valence-electron chi connectivity index (χ2n) is 7.32. The van der Waals surface area contributed by atoms with Crippen LogP contribution in [-0.4, -0.2) is 37.0 Å². The summed E-state index contributed by atoms with van der Waals surface area (Å²) in [6, 6.07) is 9.58. The highest BCUT2D eigenvalue weighted by Gasteiger charge is 2.37. The van der Waals surface area contributed by atoms with Gasteiger partial charge in [0, 0.05) is 24.5 Å². The van der Waals surface area contributed by atoms with Crippen LogP contribution >= 0.6 is 24.8 Å². The molecule has 0 aromatic heterocycles. The van der Waals surface area contributed by atoms with Gasteiger partial charge in [-0.1, -0.05) is 50.1 Å². The topological polar surface area (TPSA) is 58.4 Å². The van der Waals surface area contributed by atoms with Gasteiger partial charge in [0.05, 0.1) is 0 Å². The molecule has 144 valence electrons. The Morgan fingerprint density at radius 1 is 1.32 bits per heavy atom. The molecule has 1 aliphatic carbocycles. The van der Waals surface area contributed by atoms with Crippen LogP contribution in [0.3, 0.4) is 0 Å². The van der Waals surface area contributed by atoms with Gasteiger partial charge in [-0.05, 0) is 38.4 Å². The predicted molar refractivity (Wildman–Crippen MR) is 110 cm³/mol. The van der Waals surface area contributed by atoms with Crippen molar-refractivity contribution in [1.82, 2.24) is 10.2 Å². The average Bonchev–Trinajstić information content (AvgIpc) is 2.53. The maximum absolute atomic E-state index is 12.3. The van der Waals surface area contributed by atoms with E-state index in [1.165, 1.54) is 12.8 Å². The third-order valence-corrected chi connectivity index (χ3v) is 5.26. The minimum absolute atomic E-state index is 0. The summed E-state index contributed by atoms with van der Waals surface area (Å²) in [5, 5.41) is 3.14. The van der Waals surface area contributed by atoms with Crippen LogP contribution in [0.1, 0.15) is 50.6 Å². The van der Waals surface area contributed by atoms with E-state index in [0.29, 0.717) is 13.0 Å². The van der Waals surface area contributed by atoms with Crippen LogP contribution in [0.25, 0.3) is 0 Å². The monoisotopic (exact) mass is 389 g/mol. The standard InChI is InChI=1S/C19H31N3O.2ClH/c1-15-8-7-11-19(13-15,22(2)3)14-21-18(23)12-17(20)16-9-5-4-6-10-16;;/h4-6,9-10,15,17H,7-8,11-14,20H2,1-3H3,(H,21,23);2*1H. The molecule has 0 saturated heterocycles. The molecule has 0 radical (unpaired) electrons. The van der Waals surface area contributed by atoms with Gasteiger partial charge in [-0.3, -0.25) is 4.79 Å². The maximum atomic E-state index is 12.3. The van der Waals surface area contributed by atoms with E-state index in [1.807, 2.05) is 30.3 Å². The summed E-state index contributed by atoms with van der Waals surface area (Å²) in [6.07, 6.45) is 5.16. The number of nitrogens with zero attached hydrogens (tertiary/aromatic N) is 1. The number of likely N-dealkylation sites (N-methyl/N-ethyl adjacent to an activating group) is 1. The molecule has 0 heterocycles. The van der Waals surface area contributed by atoms with Gasteiger partial charge in [0.25, 0.3) is 0 Å². The van der Waals surface area contributed by atoms with Crippen molar-refractivity contribution in [2.24, 2.45) is 11.7 Å². The molecular formula is C19H33Cl2N3O. The smallest absolute Gasteiger partial charge is 0.221 e. The Morgan fingerprint density at radius 3 is 2.52 bits per heavy atom. The molecular weight excluding hydrogens is 357 g/mol. The number of amides is 1. The SMILES string of the molecule is CC1CCCC(CNC(=O)CC(N)c2ccccc2)(N(C)C)C1.Cl.Cl. The van der Waals surface area contributed by atoms with Crippen LogP contribution in [0.15, 0.2) is 30.3 Å². The van der Waals surface area contributed by atoms with Crippen molar-refractivity contribution in [3.8, 4) is 0 Å². The molecule has 6 heteroatoms. The third kappa shape index (κ3) is 6.78. The number of nitrogens with two attached hydrogens (primary N) is 1. The Kier molecular flexibility index (Phi) is 10.7. The van der Waals surface area contributed by atoms with Crippen LogP contribution in [0.5, 0.6) is 0 Å². The van der Waals surface area contributed by atoms with Gasteiger partial charge in [-0.25, -0.2) is 0 Å². The van der Waals surface area contributed by atoms with E-state index >= 15 is 0 Å². The van der Waals surface area contributed by atoms with Gasteiger partial charge in [0.15, 0.2) is 0 Å². The highest BCUT2D eigenvalue weighted by molar-refractivity contribution is 5.85. The molecule has 2 rings (SSSR count). The Morgan fingerprint density at radius 2 is 1.96 bits per heavy atom. The summed E-state index contributed by atoms with van der Waals surface area (Å²) in [5.41, 5.74) is 7.25. The Balaban J connectivity index is 0.00000288. The number of hydrogen-bond acceptors (Lipinski definition) is 3. The fourth-order valence-electron chi connectivity index (χ4n) is 3.71. The van der Waals surface area contributed by atoms with Crippen molar-refractivity contribution < 1.29 is 4.79 Å². The Hall–Kier alpha value is -0.810. The first-order valence-electron chi connectivity index (χ1n) is 8.67. The first-order valence-corrected chi connectivity index (χ1v) is 8.67. The van der Waals surface area contributed by atoms with Crippen molar-refractivity contribution in [3.63, 3.8) is 0 Å². The normalized spacial score (nSPS) is 24.0. The molecule has 3 atom stereocenters. The molecule has 3 N–H and O–H groups in total. The molecule has 1 aromatic rings. The fraction of sp³-hybridized carbons (Fsp3) is 0.632. The predicted octanol–water partition coefficient (Wildman–Crippen LogP) is 3.55. The van der Waals surface area contributed by atoms with Crippen molar-refractivity contribution in [3.05, 3.63) is 35.9 Å². The van der Waals surface area contributed by atoms with E-state index in [1.54, 1.807) is 0 Å². The summed E-state index contributed by atoms with van der Waals surface area (Å²) in [5.74, 6) is 0.760. The van der Waals surface area contributed by atoms with Crippen molar-refractivity contribution in [2.45, 2.75) is 50.6 Å². The molecule has 0 bridgehead atoms. The first kappa shape index (κ1) is 24.2. The second-order valence-corrected chi connectivity index (χ2v) is 7.32. The van der Waals surface area contributed by atoms with Crippen LogP contribution < -0.4 is 11.1 Å². The van der Waals surface area contributed by atoms with Gasteiger partial charge >= 0.3 is 0 Å². The van der Waals surface area contributed by atoms with Gasteiger partial charge in [-0.15, -0.1) is 24.8 Å². The molecule has 4 nitrogen and oxygen atoms in total. The Bertz CT molecular complexity index is 513. The number of rotatable bonds is 6. The van der Waals surface area contributed by atoms with Gasteiger partial charge in [0.1, 0.15) is 0 Å². The molecule has 0 spiro atoms. The quantitative estimate of drug-likeness (QED) is 0.781. The van der Waals surface area contributed by atoms with E-state index in [9.17, 15) is 4.79 Å². The lowest BCUT2D eigenvalue weighted by atomic mass is 9.75. The first-order chi connectivity index (χ1) is 10.9. The molecule has 1 fully saturated rings. The molecule has 1 aromatic carbocycles. The highest BCUT2D eigenvalue weighted by atomic mass is 35.5. The molecule has 3 unspecified atom stereocenters. The lowest BCUT2D eigenvalue weighted by Gasteiger charge is -2.45. The molecule has 25 heavy (non-hydrogen) atoms. The molecule has 1 saturated carbocycles. The van der Waals surface area contributed by atoms with Crippen molar-refractivity contribution in [1.29, 1.82) is 0 Å². The second kappa shape index (κ2) is 11.0. The van der Waals surface area contributed by atoms with Crippen LogP contribution in [-0.2, 0) is 4.79 Å². The summed E-state index contributed by atoms with van der Waals surface area (Å²) in [6.45, 7) is 3.02. The zero-order valence-corrected chi connectivity index (χ0v) is 17.2. The number of benzene rings is 1.